The van der Waals surface area contributed by atoms with Crippen molar-refractivity contribution in [1.29, 1.82) is 0 Å². The van der Waals surface area contributed by atoms with Gasteiger partial charge in [-0.2, -0.15) is 0 Å². The summed E-state index contributed by atoms with van der Waals surface area (Å²) in [7, 11) is 1.93. The van der Waals surface area contributed by atoms with E-state index in [1.54, 1.807) is 0 Å². The topological polar surface area (TPSA) is 58.4 Å². The van der Waals surface area contributed by atoms with E-state index < -0.39 is 0 Å². The number of nitrogens with two attached hydrogens (primary N) is 1. The zero-order valence-corrected chi connectivity index (χ0v) is 11.7. The predicted molar refractivity (Wildman–Crippen MR) is 79.1 cm³/mol. The van der Waals surface area contributed by atoms with E-state index in [2.05, 4.69) is 5.32 Å². The summed E-state index contributed by atoms with van der Waals surface area (Å²) in [6.07, 6.45) is 4.69. The van der Waals surface area contributed by atoms with Gasteiger partial charge < -0.3 is 16.0 Å². The van der Waals surface area contributed by atoms with Gasteiger partial charge in [-0.15, -0.1) is 0 Å². The Morgan fingerprint density at radius 3 is 2.47 bits per heavy atom. The lowest BCUT2D eigenvalue weighted by Crippen LogP contribution is -2.46. The molecule has 1 saturated carbocycles. The number of carbonyl (C=O) groups excluding carboxylic acids is 1. The molecule has 0 radical (unpaired) electrons. The minimum absolute atomic E-state index is 0.103. The first-order valence-electron chi connectivity index (χ1n) is 6.96. The number of likely N-dealkylation sites (N-methyl/N-ethyl adjacent to an activating group) is 1. The van der Waals surface area contributed by atoms with Crippen molar-refractivity contribution in [1.82, 2.24) is 5.32 Å². The fourth-order valence-electron chi connectivity index (χ4n) is 2.50. The lowest BCUT2D eigenvalue weighted by atomic mass is 10.2. The number of carbonyl (C=O) groups is 1. The molecule has 2 rings (SSSR count). The van der Waals surface area contributed by atoms with E-state index in [9.17, 15) is 4.79 Å². The summed E-state index contributed by atoms with van der Waals surface area (Å²) in [6, 6.07) is 7.78. The standard InChI is InChI=1S/C15H23N3O/c1-11(15(19)17-13-5-3-4-6-13)18(2)14-9-7-12(16)8-10-14/h7-11,13H,3-6,16H2,1-2H3,(H,17,19). The highest BCUT2D eigenvalue weighted by molar-refractivity contribution is 5.85. The smallest absolute Gasteiger partial charge is 0.242 e. The third-order valence-corrected chi connectivity index (χ3v) is 3.96. The summed E-state index contributed by atoms with van der Waals surface area (Å²) in [6.45, 7) is 1.93. The zero-order valence-electron chi connectivity index (χ0n) is 11.7. The molecule has 1 amide bonds. The molecule has 3 N–H and O–H groups in total. The molecule has 1 aliphatic rings. The van der Waals surface area contributed by atoms with Gasteiger partial charge in [0.25, 0.3) is 0 Å². The van der Waals surface area contributed by atoms with Crippen molar-refractivity contribution in [2.45, 2.75) is 44.7 Å². The Balaban J connectivity index is 1.95. The Morgan fingerprint density at radius 2 is 1.89 bits per heavy atom. The molecular weight excluding hydrogens is 238 g/mol. The Hall–Kier alpha value is -1.71. The van der Waals surface area contributed by atoms with Gasteiger partial charge in [-0.1, -0.05) is 12.8 Å². The highest BCUT2D eigenvalue weighted by atomic mass is 16.2. The maximum Gasteiger partial charge on any atom is 0.242 e. The van der Waals surface area contributed by atoms with Gasteiger partial charge in [0.15, 0.2) is 0 Å². The molecule has 1 unspecified atom stereocenters. The van der Waals surface area contributed by atoms with E-state index in [0.717, 1.165) is 24.2 Å². The number of rotatable bonds is 4. The van der Waals surface area contributed by atoms with E-state index in [4.69, 9.17) is 5.73 Å². The number of amides is 1. The molecule has 1 aromatic rings. The van der Waals surface area contributed by atoms with Crippen molar-refractivity contribution >= 4 is 17.3 Å². The van der Waals surface area contributed by atoms with Crippen LogP contribution in [0.25, 0.3) is 0 Å². The third-order valence-electron chi connectivity index (χ3n) is 3.96. The second-order valence-electron chi connectivity index (χ2n) is 5.37. The first kappa shape index (κ1) is 13.7. The number of nitrogens with zero attached hydrogens (tertiary/aromatic N) is 1. The average molecular weight is 261 g/mol. The van der Waals surface area contributed by atoms with Crippen LogP contribution in [0, 0.1) is 0 Å². The van der Waals surface area contributed by atoms with Gasteiger partial charge in [0, 0.05) is 24.5 Å². The minimum Gasteiger partial charge on any atom is -0.399 e. The van der Waals surface area contributed by atoms with Crippen molar-refractivity contribution in [2.24, 2.45) is 0 Å². The molecule has 1 fully saturated rings. The summed E-state index contributed by atoms with van der Waals surface area (Å²) < 4.78 is 0. The molecule has 19 heavy (non-hydrogen) atoms. The molecule has 104 valence electrons. The monoisotopic (exact) mass is 261 g/mol. The first-order valence-corrected chi connectivity index (χ1v) is 6.96. The van der Waals surface area contributed by atoms with Gasteiger partial charge in [-0.25, -0.2) is 0 Å². The van der Waals surface area contributed by atoms with Crippen molar-refractivity contribution in [3.8, 4) is 0 Å². The van der Waals surface area contributed by atoms with Gasteiger partial charge >= 0.3 is 0 Å². The predicted octanol–water partition coefficient (Wildman–Crippen LogP) is 2.15. The Kier molecular flexibility index (Phi) is 4.30. The lowest BCUT2D eigenvalue weighted by molar-refractivity contribution is -0.122. The second-order valence-corrected chi connectivity index (χ2v) is 5.37. The van der Waals surface area contributed by atoms with Crippen LogP contribution in [0.3, 0.4) is 0 Å². The number of nitrogen functional groups attached to an aromatic ring is 1. The molecule has 4 nitrogen and oxygen atoms in total. The van der Waals surface area contributed by atoms with Gasteiger partial charge in [-0.3, -0.25) is 4.79 Å². The van der Waals surface area contributed by atoms with Crippen LogP contribution < -0.4 is 16.0 Å². The fraction of sp³-hybridized carbons (Fsp3) is 0.533. The van der Waals surface area contributed by atoms with Crippen LogP contribution in [0.1, 0.15) is 32.6 Å². The van der Waals surface area contributed by atoms with E-state index >= 15 is 0 Å². The molecule has 0 spiro atoms. The SMILES string of the molecule is CC(C(=O)NC1CCCC1)N(C)c1ccc(N)cc1. The van der Waals surface area contributed by atoms with Crippen LogP contribution in [0.5, 0.6) is 0 Å². The summed E-state index contributed by atoms with van der Waals surface area (Å²) in [4.78, 5) is 14.2. The summed E-state index contributed by atoms with van der Waals surface area (Å²) >= 11 is 0. The molecule has 0 bridgehead atoms. The normalized spacial score (nSPS) is 17.2. The van der Waals surface area contributed by atoms with Gasteiger partial charge in [0.1, 0.15) is 6.04 Å². The number of benzene rings is 1. The highest BCUT2D eigenvalue weighted by Gasteiger charge is 2.23. The first-order chi connectivity index (χ1) is 9.08. The Labute approximate surface area is 115 Å². The molecule has 0 aliphatic heterocycles. The molecule has 1 aliphatic carbocycles. The molecule has 1 aromatic carbocycles. The Bertz CT molecular complexity index is 424. The quantitative estimate of drug-likeness (QED) is 0.817. The van der Waals surface area contributed by atoms with Crippen LogP contribution in [0.4, 0.5) is 11.4 Å². The van der Waals surface area contributed by atoms with Crippen molar-refractivity contribution in [3.05, 3.63) is 24.3 Å². The highest BCUT2D eigenvalue weighted by Crippen LogP contribution is 2.20. The number of hydrogen-bond acceptors (Lipinski definition) is 3. The summed E-state index contributed by atoms with van der Waals surface area (Å²) in [5.74, 6) is 0.103. The van der Waals surface area contributed by atoms with E-state index in [1.165, 1.54) is 12.8 Å². The number of hydrogen-bond donors (Lipinski definition) is 2. The molecular formula is C15H23N3O. The van der Waals surface area contributed by atoms with Crippen molar-refractivity contribution in [2.75, 3.05) is 17.7 Å². The van der Waals surface area contributed by atoms with Gasteiger partial charge in [-0.05, 0) is 44.0 Å². The molecule has 1 atom stereocenters. The summed E-state index contributed by atoms with van der Waals surface area (Å²) in [5, 5.41) is 3.14. The van der Waals surface area contributed by atoms with Crippen LogP contribution in [0.2, 0.25) is 0 Å². The zero-order chi connectivity index (χ0) is 13.8. The molecule has 0 saturated heterocycles. The van der Waals surface area contributed by atoms with Gasteiger partial charge in [0.2, 0.25) is 5.91 Å². The van der Waals surface area contributed by atoms with Crippen LogP contribution in [-0.2, 0) is 4.79 Å². The number of nitrogens with one attached hydrogen (secondary N) is 1. The van der Waals surface area contributed by atoms with E-state index in [0.29, 0.717) is 6.04 Å². The maximum absolute atomic E-state index is 12.2. The average Bonchev–Trinajstić information content (AvgIpc) is 2.90. The largest absolute Gasteiger partial charge is 0.399 e. The van der Waals surface area contributed by atoms with Crippen molar-refractivity contribution in [3.63, 3.8) is 0 Å². The van der Waals surface area contributed by atoms with Crippen molar-refractivity contribution < 1.29 is 4.79 Å². The Morgan fingerprint density at radius 1 is 1.32 bits per heavy atom. The van der Waals surface area contributed by atoms with Gasteiger partial charge in [0.05, 0.1) is 0 Å². The summed E-state index contributed by atoms with van der Waals surface area (Å²) in [5.41, 5.74) is 7.41. The molecule has 0 aromatic heterocycles. The minimum atomic E-state index is -0.177. The maximum atomic E-state index is 12.2. The van der Waals surface area contributed by atoms with E-state index in [-0.39, 0.29) is 11.9 Å². The molecule has 4 heteroatoms. The molecule has 0 heterocycles. The fourth-order valence-corrected chi connectivity index (χ4v) is 2.50. The van der Waals surface area contributed by atoms with Crippen LogP contribution in [-0.4, -0.2) is 25.0 Å². The number of anilines is 2. The second kappa shape index (κ2) is 5.95. The third kappa shape index (κ3) is 3.40. The van der Waals surface area contributed by atoms with Crippen LogP contribution in [0.15, 0.2) is 24.3 Å². The van der Waals surface area contributed by atoms with E-state index in [1.807, 2.05) is 43.1 Å². The lowest BCUT2D eigenvalue weighted by Gasteiger charge is -2.27. The van der Waals surface area contributed by atoms with Crippen LogP contribution >= 0.6 is 0 Å².